The highest BCUT2D eigenvalue weighted by molar-refractivity contribution is 5.97. The monoisotopic (exact) mass is 275 g/mol. The van der Waals surface area contributed by atoms with E-state index in [1.165, 1.54) is 0 Å². The van der Waals surface area contributed by atoms with Crippen molar-refractivity contribution in [3.63, 3.8) is 0 Å². The maximum atomic E-state index is 12.6. The van der Waals surface area contributed by atoms with Crippen molar-refractivity contribution in [2.24, 2.45) is 11.8 Å². The topological polar surface area (TPSA) is 66.8 Å². The molecule has 0 saturated heterocycles. The highest BCUT2D eigenvalue weighted by Crippen LogP contribution is 2.37. The number of carbonyl (C=O) groups excluding carboxylic acids is 1. The van der Waals surface area contributed by atoms with Crippen LogP contribution in [-0.2, 0) is 9.59 Å². The van der Waals surface area contributed by atoms with E-state index in [-0.39, 0.29) is 17.7 Å². The molecule has 5 nitrogen and oxygen atoms in total. The number of hydrogen-bond acceptors (Lipinski definition) is 3. The fraction of sp³-hybridized carbons (Fsp3) is 0.467. The summed E-state index contributed by atoms with van der Waals surface area (Å²) in [5.74, 6) is -0.588. The summed E-state index contributed by atoms with van der Waals surface area (Å²) in [6.07, 6.45) is 1.71. The minimum absolute atomic E-state index is 0.0319. The first-order valence-electron chi connectivity index (χ1n) is 6.93. The molecule has 5 heteroatoms. The number of carbonyl (C=O) groups is 2. The number of amides is 1. The number of carboxylic acids is 1. The molecule has 1 N–H and O–H groups in total. The molecular weight excluding hydrogens is 258 g/mol. The highest BCUT2D eigenvalue weighted by atomic mass is 16.5. The number of aliphatic carboxylic acids is 1. The molecule has 20 heavy (non-hydrogen) atoms. The Labute approximate surface area is 117 Å². The summed E-state index contributed by atoms with van der Waals surface area (Å²) in [6.45, 7) is 1.02. The quantitative estimate of drug-likeness (QED) is 0.895. The molecule has 1 aromatic rings. The number of rotatable bonds is 2. The van der Waals surface area contributed by atoms with E-state index in [0.717, 1.165) is 11.4 Å². The Kier molecular flexibility index (Phi) is 3.34. The van der Waals surface area contributed by atoms with E-state index in [0.29, 0.717) is 32.4 Å². The number of hydrogen-bond donors (Lipinski definition) is 1. The van der Waals surface area contributed by atoms with Crippen LogP contribution in [0.3, 0.4) is 0 Å². The van der Waals surface area contributed by atoms with E-state index in [4.69, 9.17) is 9.84 Å². The van der Waals surface area contributed by atoms with Crippen LogP contribution in [0.1, 0.15) is 19.3 Å². The summed E-state index contributed by atoms with van der Waals surface area (Å²) < 4.78 is 5.54. The second-order valence-corrected chi connectivity index (χ2v) is 5.35. The fourth-order valence-corrected chi connectivity index (χ4v) is 3.05. The van der Waals surface area contributed by atoms with Crippen LogP contribution in [0, 0.1) is 11.8 Å². The lowest BCUT2D eigenvalue weighted by molar-refractivity contribution is -0.141. The van der Waals surface area contributed by atoms with Gasteiger partial charge in [-0.05, 0) is 31.4 Å². The smallest absolute Gasteiger partial charge is 0.306 e. The zero-order chi connectivity index (χ0) is 14.1. The molecule has 3 rings (SSSR count). The molecule has 106 valence electrons. The standard InChI is InChI=1S/C15H17NO4/c17-14(10-5-6-11(9-10)15(18)19)16-7-8-20-13-4-2-1-3-12(13)16/h1-4,10-11H,5-9H2,(H,18,19). The molecular formula is C15H17NO4. The van der Waals surface area contributed by atoms with E-state index in [1.54, 1.807) is 4.90 Å². The summed E-state index contributed by atoms with van der Waals surface area (Å²) in [5, 5.41) is 9.04. The normalized spacial score (nSPS) is 24.9. The van der Waals surface area contributed by atoms with Crippen molar-refractivity contribution in [2.45, 2.75) is 19.3 Å². The van der Waals surface area contributed by atoms with Gasteiger partial charge < -0.3 is 14.7 Å². The van der Waals surface area contributed by atoms with Gasteiger partial charge >= 0.3 is 5.97 Å². The van der Waals surface area contributed by atoms with E-state index in [1.807, 2.05) is 24.3 Å². The number of anilines is 1. The second-order valence-electron chi connectivity index (χ2n) is 5.35. The Balaban J connectivity index is 1.78. The second kappa shape index (κ2) is 5.15. The fourth-order valence-electron chi connectivity index (χ4n) is 3.05. The number of ether oxygens (including phenoxy) is 1. The van der Waals surface area contributed by atoms with Gasteiger partial charge in [-0.15, -0.1) is 0 Å². The van der Waals surface area contributed by atoms with Crippen molar-refractivity contribution < 1.29 is 19.4 Å². The molecule has 0 radical (unpaired) electrons. The average molecular weight is 275 g/mol. The minimum Gasteiger partial charge on any atom is -0.490 e. The van der Waals surface area contributed by atoms with Gasteiger partial charge in [0.25, 0.3) is 0 Å². The van der Waals surface area contributed by atoms with E-state index >= 15 is 0 Å². The van der Waals surface area contributed by atoms with Crippen molar-refractivity contribution in [2.75, 3.05) is 18.1 Å². The van der Waals surface area contributed by atoms with Crippen molar-refractivity contribution in [3.05, 3.63) is 24.3 Å². The molecule has 1 saturated carbocycles. The summed E-state index contributed by atoms with van der Waals surface area (Å²) in [5.41, 5.74) is 0.794. The lowest BCUT2D eigenvalue weighted by atomic mass is 10.0. The largest absolute Gasteiger partial charge is 0.490 e. The van der Waals surface area contributed by atoms with Crippen LogP contribution in [0.2, 0.25) is 0 Å². The molecule has 1 aromatic carbocycles. The molecule has 1 aliphatic carbocycles. The molecule has 2 unspecified atom stereocenters. The Morgan fingerprint density at radius 3 is 2.70 bits per heavy atom. The molecule has 1 heterocycles. The van der Waals surface area contributed by atoms with E-state index in [9.17, 15) is 9.59 Å². The number of para-hydroxylation sites is 2. The summed E-state index contributed by atoms with van der Waals surface area (Å²) in [6, 6.07) is 7.48. The van der Waals surface area contributed by atoms with Crippen LogP contribution < -0.4 is 9.64 Å². The zero-order valence-electron chi connectivity index (χ0n) is 11.1. The third-order valence-electron chi connectivity index (χ3n) is 4.13. The molecule has 2 atom stereocenters. The lowest BCUT2D eigenvalue weighted by Crippen LogP contribution is -2.41. The SMILES string of the molecule is O=C(O)C1CCC(C(=O)N2CCOc3ccccc32)C1. The highest BCUT2D eigenvalue weighted by Gasteiger charge is 2.37. The predicted molar refractivity (Wildman–Crippen MR) is 72.8 cm³/mol. The Morgan fingerprint density at radius 2 is 1.95 bits per heavy atom. The zero-order valence-corrected chi connectivity index (χ0v) is 11.1. The molecule has 2 aliphatic rings. The Hall–Kier alpha value is -2.04. The summed E-state index contributed by atoms with van der Waals surface area (Å²) in [7, 11) is 0. The third-order valence-corrected chi connectivity index (χ3v) is 4.13. The van der Waals surface area contributed by atoms with Crippen LogP contribution in [-0.4, -0.2) is 30.1 Å². The van der Waals surface area contributed by atoms with Crippen molar-refractivity contribution in [1.29, 1.82) is 0 Å². The maximum absolute atomic E-state index is 12.6. The summed E-state index contributed by atoms with van der Waals surface area (Å²) in [4.78, 5) is 25.4. The number of nitrogens with zero attached hydrogens (tertiary/aromatic N) is 1. The van der Waals surface area contributed by atoms with Gasteiger partial charge in [0.2, 0.25) is 5.91 Å². The van der Waals surface area contributed by atoms with Gasteiger partial charge in [0, 0.05) is 5.92 Å². The van der Waals surface area contributed by atoms with E-state index in [2.05, 4.69) is 0 Å². The molecule has 0 spiro atoms. The minimum atomic E-state index is -0.789. The van der Waals surface area contributed by atoms with Gasteiger partial charge in [-0.3, -0.25) is 9.59 Å². The number of fused-ring (bicyclic) bond motifs is 1. The molecule has 1 amide bonds. The number of benzene rings is 1. The van der Waals surface area contributed by atoms with Crippen molar-refractivity contribution in [1.82, 2.24) is 0 Å². The number of carboxylic acid groups (broad SMARTS) is 1. The van der Waals surface area contributed by atoms with Crippen LogP contribution in [0.4, 0.5) is 5.69 Å². The van der Waals surface area contributed by atoms with Gasteiger partial charge in [0.05, 0.1) is 18.2 Å². The first kappa shape index (κ1) is 13.0. The van der Waals surface area contributed by atoms with Crippen LogP contribution >= 0.6 is 0 Å². The van der Waals surface area contributed by atoms with Gasteiger partial charge in [-0.25, -0.2) is 0 Å². The van der Waals surface area contributed by atoms with Crippen molar-refractivity contribution >= 4 is 17.6 Å². The predicted octanol–water partition coefficient (Wildman–Crippen LogP) is 1.91. The Morgan fingerprint density at radius 1 is 1.20 bits per heavy atom. The molecule has 1 aliphatic heterocycles. The lowest BCUT2D eigenvalue weighted by Gasteiger charge is -2.31. The van der Waals surface area contributed by atoms with Crippen LogP contribution in [0.5, 0.6) is 5.75 Å². The van der Waals surface area contributed by atoms with Gasteiger partial charge in [-0.1, -0.05) is 12.1 Å². The average Bonchev–Trinajstić information content (AvgIpc) is 2.96. The third kappa shape index (κ3) is 2.24. The first-order valence-corrected chi connectivity index (χ1v) is 6.93. The van der Waals surface area contributed by atoms with Crippen LogP contribution in [0.15, 0.2) is 24.3 Å². The molecule has 0 aromatic heterocycles. The summed E-state index contributed by atoms with van der Waals surface area (Å²) >= 11 is 0. The van der Waals surface area contributed by atoms with Gasteiger partial charge in [0.15, 0.2) is 0 Å². The van der Waals surface area contributed by atoms with Crippen LogP contribution in [0.25, 0.3) is 0 Å². The Bertz CT molecular complexity index is 542. The molecule has 1 fully saturated rings. The maximum Gasteiger partial charge on any atom is 0.306 e. The first-order chi connectivity index (χ1) is 9.66. The van der Waals surface area contributed by atoms with Gasteiger partial charge in [0.1, 0.15) is 12.4 Å². The van der Waals surface area contributed by atoms with Gasteiger partial charge in [-0.2, -0.15) is 0 Å². The van der Waals surface area contributed by atoms with E-state index < -0.39 is 5.97 Å². The van der Waals surface area contributed by atoms with Crippen molar-refractivity contribution in [3.8, 4) is 5.75 Å². The molecule has 0 bridgehead atoms.